The molecule has 0 unspecified atom stereocenters. The number of hydrogen-bond acceptors (Lipinski definition) is 2. The Kier molecular flexibility index (Phi) is 2.50. The first kappa shape index (κ1) is 8.80. The molecule has 0 atom stereocenters. The average molecular weight is 181 g/mol. The maximum atomic E-state index is 10.7. The molecule has 1 aromatic rings. The Bertz CT molecular complexity index is 312. The van der Waals surface area contributed by atoms with Gasteiger partial charge in [-0.3, -0.25) is 4.79 Å². The third-order valence-electron chi connectivity index (χ3n) is 1.33. The smallest absolute Gasteiger partial charge is 0.221 e. The fourth-order valence-electron chi connectivity index (χ4n) is 0.844. The molecule has 0 spiro atoms. The molecule has 3 nitrogen and oxygen atoms in total. The molecular weight excluding hydrogens is 172 g/mol. The van der Waals surface area contributed by atoms with Gasteiger partial charge in [0.2, 0.25) is 5.91 Å². The number of carbonyl (C=O) groups excluding carboxylic acids is 1. The topological polar surface area (TPSA) is 55.1 Å². The summed E-state index contributed by atoms with van der Waals surface area (Å²) in [4.78, 5) is 11.3. The van der Waals surface area contributed by atoms with Crippen LogP contribution in [0.5, 0.6) is 0 Å². The Morgan fingerprint density at radius 2 is 2.25 bits per heavy atom. The second kappa shape index (κ2) is 3.40. The fraction of sp³-hybridized carbons (Fsp3) is 0.125. The van der Waals surface area contributed by atoms with Crippen molar-refractivity contribution in [2.45, 2.75) is 11.8 Å². The van der Waals surface area contributed by atoms with Crippen LogP contribution in [0.1, 0.15) is 6.92 Å². The molecule has 3 N–H and O–H groups in total. The Hall–Kier alpha value is -1.29. The third-order valence-corrected chi connectivity index (χ3v) is 1.59. The Morgan fingerprint density at radius 1 is 1.58 bits per heavy atom. The van der Waals surface area contributed by atoms with Gasteiger partial charge in [0.15, 0.2) is 0 Å². The van der Waals surface area contributed by atoms with Crippen molar-refractivity contribution in [3.8, 4) is 0 Å². The highest BCUT2D eigenvalue weighted by Crippen LogP contribution is 2.21. The monoisotopic (exact) mass is 181 g/mol. The second-order valence-corrected chi connectivity index (χ2v) is 2.90. The Morgan fingerprint density at radius 3 is 2.75 bits per heavy atom. The zero-order valence-corrected chi connectivity index (χ0v) is 7.44. The van der Waals surface area contributed by atoms with Gasteiger partial charge in [-0.15, -0.1) is 0 Å². The predicted molar refractivity (Wildman–Crippen MR) is 51.0 cm³/mol. The first-order valence-corrected chi connectivity index (χ1v) is 3.84. The first-order valence-electron chi connectivity index (χ1n) is 3.43. The lowest BCUT2D eigenvalue weighted by Crippen LogP contribution is -2.07. The van der Waals surface area contributed by atoms with Gasteiger partial charge >= 0.3 is 0 Å². The van der Waals surface area contributed by atoms with Gasteiger partial charge in [-0.2, -0.15) is 0 Å². The number of anilines is 2. The SMILES string of the molecule is CC(=O)Nc1ccc([S])cc1N. The van der Waals surface area contributed by atoms with Gasteiger partial charge in [-0.1, -0.05) is 12.6 Å². The summed E-state index contributed by atoms with van der Waals surface area (Å²) >= 11 is 4.88. The summed E-state index contributed by atoms with van der Waals surface area (Å²) in [6.45, 7) is 1.43. The molecule has 0 aliphatic heterocycles. The van der Waals surface area contributed by atoms with Crippen LogP contribution in [0.2, 0.25) is 0 Å². The second-order valence-electron chi connectivity index (χ2n) is 2.43. The lowest BCUT2D eigenvalue weighted by Gasteiger charge is -2.05. The molecule has 0 fully saturated rings. The maximum Gasteiger partial charge on any atom is 0.221 e. The van der Waals surface area contributed by atoms with Crippen molar-refractivity contribution in [1.82, 2.24) is 0 Å². The Balaban J connectivity index is 2.93. The van der Waals surface area contributed by atoms with Gasteiger partial charge in [-0.05, 0) is 18.2 Å². The number of nitrogens with one attached hydrogen (secondary N) is 1. The van der Waals surface area contributed by atoms with E-state index in [0.29, 0.717) is 16.3 Å². The zero-order chi connectivity index (χ0) is 9.14. The minimum absolute atomic E-state index is 0.140. The van der Waals surface area contributed by atoms with Gasteiger partial charge in [-0.25, -0.2) is 0 Å². The van der Waals surface area contributed by atoms with Crippen LogP contribution >= 0.6 is 12.6 Å². The largest absolute Gasteiger partial charge is 0.397 e. The van der Waals surface area contributed by atoms with E-state index in [1.54, 1.807) is 18.2 Å². The van der Waals surface area contributed by atoms with E-state index in [0.717, 1.165) is 0 Å². The summed E-state index contributed by atoms with van der Waals surface area (Å²) in [5.74, 6) is -0.140. The highest BCUT2D eigenvalue weighted by molar-refractivity contribution is 7.80. The number of benzene rings is 1. The zero-order valence-electron chi connectivity index (χ0n) is 6.63. The van der Waals surface area contributed by atoms with Crippen molar-refractivity contribution in [3.05, 3.63) is 18.2 Å². The first-order chi connectivity index (χ1) is 5.59. The molecule has 0 aromatic heterocycles. The standard InChI is InChI=1S/C8H9N2OS/c1-5(11)10-8-3-2-6(12)4-7(8)9/h2-4H,9H2,1H3,(H,10,11). The predicted octanol–water partition coefficient (Wildman–Crippen LogP) is 1.78. The van der Waals surface area contributed by atoms with Crippen molar-refractivity contribution < 1.29 is 4.79 Å². The molecule has 0 aliphatic rings. The quantitative estimate of drug-likeness (QED) is 0.649. The van der Waals surface area contributed by atoms with E-state index in [4.69, 9.17) is 18.4 Å². The summed E-state index contributed by atoms with van der Waals surface area (Å²) in [5.41, 5.74) is 6.69. The number of nitrogens with two attached hydrogens (primary N) is 1. The van der Waals surface area contributed by atoms with Crippen LogP contribution in [0, 0.1) is 0 Å². The van der Waals surface area contributed by atoms with Crippen LogP contribution in [-0.4, -0.2) is 5.91 Å². The molecular formula is C8H9N2OS. The minimum Gasteiger partial charge on any atom is -0.397 e. The molecule has 0 saturated carbocycles. The van der Waals surface area contributed by atoms with Crippen LogP contribution < -0.4 is 11.1 Å². The molecule has 1 rings (SSSR count). The summed E-state index contributed by atoms with van der Waals surface area (Å²) < 4.78 is 0. The van der Waals surface area contributed by atoms with E-state index in [-0.39, 0.29) is 5.91 Å². The van der Waals surface area contributed by atoms with Crippen LogP contribution in [0.15, 0.2) is 23.1 Å². The van der Waals surface area contributed by atoms with Gasteiger partial charge in [0.25, 0.3) is 0 Å². The Labute approximate surface area is 76.4 Å². The molecule has 4 heteroatoms. The molecule has 0 saturated heterocycles. The van der Waals surface area contributed by atoms with E-state index in [9.17, 15) is 4.79 Å². The van der Waals surface area contributed by atoms with E-state index in [2.05, 4.69) is 5.32 Å². The van der Waals surface area contributed by atoms with Crippen molar-refractivity contribution >= 4 is 29.9 Å². The molecule has 0 aliphatic carbocycles. The summed E-state index contributed by atoms with van der Waals surface area (Å²) in [5, 5.41) is 2.59. The fourth-order valence-corrected chi connectivity index (χ4v) is 1.04. The van der Waals surface area contributed by atoms with E-state index < -0.39 is 0 Å². The van der Waals surface area contributed by atoms with Crippen molar-refractivity contribution in [2.24, 2.45) is 0 Å². The van der Waals surface area contributed by atoms with E-state index in [1.165, 1.54) is 6.92 Å². The number of rotatable bonds is 1. The lowest BCUT2D eigenvalue weighted by atomic mass is 10.2. The maximum absolute atomic E-state index is 10.7. The minimum atomic E-state index is -0.140. The van der Waals surface area contributed by atoms with E-state index in [1.807, 2.05) is 0 Å². The summed E-state index contributed by atoms with van der Waals surface area (Å²) in [6, 6.07) is 5.05. The van der Waals surface area contributed by atoms with Gasteiger partial charge < -0.3 is 11.1 Å². The number of carbonyl (C=O) groups is 1. The highest BCUT2D eigenvalue weighted by Gasteiger charge is 2.00. The van der Waals surface area contributed by atoms with Gasteiger partial charge in [0, 0.05) is 11.8 Å². The van der Waals surface area contributed by atoms with Crippen LogP contribution in [0.4, 0.5) is 11.4 Å². The lowest BCUT2D eigenvalue weighted by molar-refractivity contribution is -0.114. The molecule has 63 valence electrons. The van der Waals surface area contributed by atoms with Gasteiger partial charge in [0.1, 0.15) is 0 Å². The molecule has 1 radical (unpaired) electrons. The van der Waals surface area contributed by atoms with Crippen molar-refractivity contribution in [1.29, 1.82) is 0 Å². The average Bonchev–Trinajstić information content (AvgIpc) is 1.94. The molecule has 0 bridgehead atoms. The van der Waals surface area contributed by atoms with Gasteiger partial charge in [0.05, 0.1) is 11.4 Å². The molecule has 1 amide bonds. The van der Waals surface area contributed by atoms with Crippen molar-refractivity contribution in [3.63, 3.8) is 0 Å². The number of amides is 1. The van der Waals surface area contributed by atoms with Crippen molar-refractivity contribution in [2.75, 3.05) is 11.1 Å². The highest BCUT2D eigenvalue weighted by atomic mass is 32.1. The number of nitrogen functional groups attached to an aromatic ring is 1. The van der Waals surface area contributed by atoms with Crippen LogP contribution in [0.3, 0.4) is 0 Å². The van der Waals surface area contributed by atoms with E-state index >= 15 is 0 Å². The van der Waals surface area contributed by atoms with Crippen LogP contribution in [0.25, 0.3) is 0 Å². The third kappa shape index (κ3) is 2.10. The summed E-state index contributed by atoms with van der Waals surface area (Å²) in [6.07, 6.45) is 0. The van der Waals surface area contributed by atoms with Crippen LogP contribution in [-0.2, 0) is 4.79 Å². The summed E-state index contributed by atoms with van der Waals surface area (Å²) in [7, 11) is 0. The number of hydrogen-bond donors (Lipinski definition) is 2. The molecule has 1 aromatic carbocycles. The molecule has 0 heterocycles. The normalized spacial score (nSPS) is 9.42. The molecule has 12 heavy (non-hydrogen) atoms.